The highest BCUT2D eigenvalue weighted by Crippen LogP contribution is 2.15. The highest BCUT2D eigenvalue weighted by molar-refractivity contribution is 5.92. The second kappa shape index (κ2) is 9.52. The number of hydrogen-bond acceptors (Lipinski definition) is 4. The van der Waals surface area contributed by atoms with Gasteiger partial charge in [0.25, 0.3) is 5.91 Å². The normalized spacial score (nSPS) is 16.4. The predicted octanol–water partition coefficient (Wildman–Crippen LogP) is 2.40. The fourth-order valence-electron chi connectivity index (χ4n) is 3.35. The zero-order chi connectivity index (χ0) is 18.5. The molecule has 4 rings (SSSR count). The molecule has 148 valence electrons. The Morgan fingerprint density at radius 2 is 2.00 bits per heavy atom. The van der Waals surface area contributed by atoms with E-state index in [2.05, 4.69) is 32.8 Å². The molecule has 1 atom stereocenters. The third kappa shape index (κ3) is 4.99. The van der Waals surface area contributed by atoms with Gasteiger partial charge in [0.05, 0.1) is 12.4 Å². The fraction of sp³-hybridized carbons (Fsp3) is 0.350. The Balaban J connectivity index is 0.00000225. The zero-order valence-electron chi connectivity index (χ0n) is 15.6. The highest BCUT2D eigenvalue weighted by atomic mass is 35.5. The summed E-state index contributed by atoms with van der Waals surface area (Å²) in [7, 11) is 0. The Hall–Kier alpha value is -2.64. The highest BCUT2D eigenvalue weighted by Gasteiger charge is 2.17. The van der Waals surface area contributed by atoms with E-state index in [0.29, 0.717) is 18.3 Å². The molecular weight excluding hydrogens is 376 g/mol. The van der Waals surface area contributed by atoms with Gasteiger partial charge in [-0.15, -0.1) is 12.4 Å². The molecule has 1 amide bonds. The van der Waals surface area contributed by atoms with Crippen LogP contribution in [-0.4, -0.2) is 38.3 Å². The van der Waals surface area contributed by atoms with Crippen LogP contribution in [0.15, 0.2) is 55.2 Å². The van der Waals surface area contributed by atoms with E-state index in [-0.39, 0.29) is 18.3 Å². The zero-order valence-corrected chi connectivity index (χ0v) is 16.4. The number of hydrogen-bond donors (Lipinski definition) is 2. The van der Waals surface area contributed by atoms with Crippen molar-refractivity contribution in [3.63, 3.8) is 0 Å². The van der Waals surface area contributed by atoms with Gasteiger partial charge in [-0.2, -0.15) is 5.10 Å². The summed E-state index contributed by atoms with van der Waals surface area (Å²) in [6.45, 7) is 3.25. The monoisotopic (exact) mass is 400 g/mol. The van der Waals surface area contributed by atoms with Crippen LogP contribution in [0.2, 0.25) is 0 Å². The van der Waals surface area contributed by atoms with Crippen LogP contribution >= 0.6 is 12.4 Å². The van der Waals surface area contributed by atoms with Gasteiger partial charge in [0.1, 0.15) is 5.69 Å². The number of benzene rings is 1. The molecule has 3 heterocycles. The molecule has 0 aliphatic carbocycles. The Morgan fingerprint density at radius 3 is 2.71 bits per heavy atom. The van der Waals surface area contributed by atoms with E-state index in [1.807, 2.05) is 33.8 Å². The van der Waals surface area contributed by atoms with E-state index in [1.165, 1.54) is 5.56 Å². The predicted molar refractivity (Wildman–Crippen MR) is 110 cm³/mol. The van der Waals surface area contributed by atoms with Crippen LogP contribution in [0.5, 0.6) is 0 Å². The molecule has 28 heavy (non-hydrogen) atoms. The minimum Gasteiger partial charge on any atom is -0.347 e. The van der Waals surface area contributed by atoms with Gasteiger partial charge in [-0.3, -0.25) is 9.48 Å². The molecule has 8 heteroatoms. The number of carbonyl (C=O) groups is 1. The lowest BCUT2D eigenvalue weighted by Gasteiger charge is -2.22. The van der Waals surface area contributed by atoms with E-state index >= 15 is 0 Å². The smallest absolute Gasteiger partial charge is 0.272 e. The standard InChI is InChI=1S/C20H24N6O.ClH/c27-20(19-7-10-26(24-19)18-2-1-8-21-13-18)23-12-16-3-5-17(6-4-16)14-25-11-9-22-15-25;/h3-7,9-11,15,18,21H,1-2,8,12-14H2,(H,23,27);1H. The first kappa shape index (κ1) is 20.1. The van der Waals surface area contributed by atoms with Crippen molar-refractivity contribution in [1.82, 2.24) is 30.0 Å². The summed E-state index contributed by atoms with van der Waals surface area (Å²) in [4.78, 5) is 16.4. The third-order valence-corrected chi connectivity index (χ3v) is 4.89. The summed E-state index contributed by atoms with van der Waals surface area (Å²) in [5.74, 6) is -0.139. The molecule has 1 fully saturated rings. The second-order valence-electron chi connectivity index (χ2n) is 6.92. The lowest BCUT2D eigenvalue weighted by atomic mass is 10.1. The van der Waals surface area contributed by atoms with Crippen LogP contribution in [0.3, 0.4) is 0 Å². The first-order valence-corrected chi connectivity index (χ1v) is 9.35. The molecule has 1 aromatic carbocycles. The van der Waals surface area contributed by atoms with Gasteiger partial charge in [0.15, 0.2) is 0 Å². The molecule has 0 saturated carbocycles. The molecule has 7 nitrogen and oxygen atoms in total. The number of aromatic nitrogens is 4. The lowest BCUT2D eigenvalue weighted by Crippen LogP contribution is -2.32. The molecule has 1 aliphatic heterocycles. The summed E-state index contributed by atoms with van der Waals surface area (Å²) in [5.41, 5.74) is 2.73. The molecule has 2 aromatic heterocycles. The Morgan fingerprint density at radius 1 is 1.18 bits per heavy atom. The first-order valence-electron chi connectivity index (χ1n) is 9.35. The Labute approximate surface area is 170 Å². The van der Waals surface area contributed by atoms with Crippen molar-refractivity contribution < 1.29 is 4.79 Å². The first-order chi connectivity index (χ1) is 13.3. The third-order valence-electron chi connectivity index (χ3n) is 4.89. The maximum Gasteiger partial charge on any atom is 0.272 e. The number of amides is 1. The van der Waals surface area contributed by atoms with Crippen molar-refractivity contribution in [2.45, 2.75) is 32.0 Å². The van der Waals surface area contributed by atoms with Crippen LogP contribution < -0.4 is 10.6 Å². The lowest BCUT2D eigenvalue weighted by molar-refractivity contribution is 0.0944. The van der Waals surface area contributed by atoms with Gasteiger partial charge in [0.2, 0.25) is 0 Å². The van der Waals surface area contributed by atoms with E-state index in [9.17, 15) is 4.79 Å². The van der Waals surface area contributed by atoms with Crippen molar-refractivity contribution in [3.8, 4) is 0 Å². The largest absolute Gasteiger partial charge is 0.347 e. The number of nitrogens with zero attached hydrogens (tertiary/aromatic N) is 4. The summed E-state index contributed by atoms with van der Waals surface area (Å²) in [6.07, 6.45) is 9.66. The topological polar surface area (TPSA) is 76.8 Å². The molecule has 1 aliphatic rings. The molecular formula is C20H25ClN6O. The SMILES string of the molecule is Cl.O=C(NCc1ccc(Cn2ccnc2)cc1)c1ccn(C2CCCNC2)n1. The van der Waals surface area contributed by atoms with Crippen LogP contribution in [0.4, 0.5) is 0 Å². The van der Waals surface area contributed by atoms with Gasteiger partial charge in [-0.25, -0.2) is 4.98 Å². The molecule has 0 radical (unpaired) electrons. The van der Waals surface area contributed by atoms with Crippen molar-refractivity contribution in [2.24, 2.45) is 0 Å². The van der Waals surface area contributed by atoms with Gasteiger partial charge < -0.3 is 15.2 Å². The van der Waals surface area contributed by atoms with E-state index < -0.39 is 0 Å². The van der Waals surface area contributed by atoms with Gasteiger partial charge in [0, 0.05) is 38.2 Å². The number of carbonyl (C=O) groups excluding carboxylic acids is 1. The fourth-order valence-corrected chi connectivity index (χ4v) is 3.35. The number of imidazole rings is 1. The maximum atomic E-state index is 12.4. The summed E-state index contributed by atoms with van der Waals surface area (Å²) in [6, 6.07) is 10.4. The minimum absolute atomic E-state index is 0. The molecule has 1 saturated heterocycles. The van der Waals surface area contributed by atoms with Crippen molar-refractivity contribution in [2.75, 3.05) is 13.1 Å². The van der Waals surface area contributed by atoms with Crippen molar-refractivity contribution in [3.05, 3.63) is 72.1 Å². The van der Waals surface area contributed by atoms with E-state index in [4.69, 9.17) is 0 Å². The number of rotatable bonds is 6. The Kier molecular flexibility index (Phi) is 6.84. The minimum atomic E-state index is -0.139. The van der Waals surface area contributed by atoms with E-state index in [0.717, 1.165) is 38.0 Å². The van der Waals surface area contributed by atoms with Gasteiger partial charge >= 0.3 is 0 Å². The van der Waals surface area contributed by atoms with Crippen molar-refractivity contribution in [1.29, 1.82) is 0 Å². The van der Waals surface area contributed by atoms with Crippen LogP contribution in [0.25, 0.3) is 0 Å². The van der Waals surface area contributed by atoms with Gasteiger partial charge in [-0.05, 0) is 36.6 Å². The maximum absolute atomic E-state index is 12.4. The summed E-state index contributed by atoms with van der Waals surface area (Å²) >= 11 is 0. The molecule has 3 aromatic rings. The Bertz CT molecular complexity index is 869. The van der Waals surface area contributed by atoms with Crippen LogP contribution in [0.1, 0.15) is 40.5 Å². The van der Waals surface area contributed by atoms with Crippen LogP contribution in [-0.2, 0) is 13.1 Å². The summed E-state index contributed by atoms with van der Waals surface area (Å²) < 4.78 is 3.93. The quantitative estimate of drug-likeness (QED) is 0.666. The number of halogens is 1. The van der Waals surface area contributed by atoms with Gasteiger partial charge in [-0.1, -0.05) is 24.3 Å². The summed E-state index contributed by atoms with van der Waals surface area (Å²) in [5, 5.41) is 10.8. The van der Waals surface area contributed by atoms with Crippen LogP contribution in [0, 0.1) is 0 Å². The average molecular weight is 401 g/mol. The van der Waals surface area contributed by atoms with Crippen molar-refractivity contribution >= 4 is 18.3 Å². The number of nitrogens with one attached hydrogen (secondary N) is 2. The van der Waals surface area contributed by atoms with E-state index in [1.54, 1.807) is 18.6 Å². The molecule has 1 unspecified atom stereocenters. The molecule has 0 bridgehead atoms. The molecule has 0 spiro atoms. The average Bonchev–Trinajstić information content (AvgIpc) is 3.40. The second-order valence-corrected chi connectivity index (χ2v) is 6.92. The molecule has 2 N–H and O–H groups in total. The number of piperidine rings is 1.